The highest BCUT2D eigenvalue weighted by atomic mass is 35.5. The van der Waals surface area contributed by atoms with E-state index in [4.69, 9.17) is 16.7 Å². The number of aliphatic carboxylic acids is 1. The fourth-order valence-electron chi connectivity index (χ4n) is 1.15. The lowest BCUT2D eigenvalue weighted by molar-refractivity contribution is -0.141. The molecule has 1 heterocycles. The molecule has 0 spiro atoms. The van der Waals surface area contributed by atoms with Crippen LogP contribution in [-0.2, 0) is 14.8 Å². The zero-order valence-corrected chi connectivity index (χ0v) is 11.6. The first-order valence-electron chi connectivity index (χ1n) is 4.69. The first-order valence-corrected chi connectivity index (χ1v) is 7.33. The Balaban J connectivity index is 2.88. The van der Waals surface area contributed by atoms with E-state index in [1.807, 2.05) is 0 Å². The van der Waals surface area contributed by atoms with Crippen LogP contribution in [0.15, 0.2) is 16.3 Å². The minimum atomic E-state index is -3.64. The van der Waals surface area contributed by atoms with Gasteiger partial charge in [-0.25, -0.2) is 8.42 Å². The average molecular weight is 298 g/mol. The van der Waals surface area contributed by atoms with Crippen LogP contribution in [0, 0.1) is 5.92 Å². The van der Waals surface area contributed by atoms with E-state index in [1.54, 1.807) is 0 Å². The fraction of sp³-hybridized carbons (Fsp3) is 0.444. The Morgan fingerprint density at radius 2 is 2.18 bits per heavy atom. The van der Waals surface area contributed by atoms with E-state index in [1.165, 1.54) is 26.1 Å². The summed E-state index contributed by atoms with van der Waals surface area (Å²) in [5.41, 5.74) is 0. The predicted molar refractivity (Wildman–Crippen MR) is 65.9 cm³/mol. The largest absolute Gasteiger partial charge is 0.481 e. The minimum Gasteiger partial charge on any atom is -0.481 e. The molecule has 5 nitrogen and oxygen atoms in total. The second-order valence-corrected chi connectivity index (χ2v) is 7.57. The van der Waals surface area contributed by atoms with Gasteiger partial charge in [0.25, 0.3) is 10.0 Å². The quantitative estimate of drug-likeness (QED) is 0.898. The zero-order valence-electron chi connectivity index (χ0n) is 9.25. The Hall–Kier alpha value is -0.630. The Kier molecular flexibility index (Phi) is 4.54. The van der Waals surface area contributed by atoms with E-state index in [9.17, 15) is 13.2 Å². The molecule has 0 bridgehead atoms. The smallest absolute Gasteiger partial charge is 0.307 e. The predicted octanol–water partition coefficient (Wildman–Crippen LogP) is 1.74. The number of nitrogens with zero attached hydrogens (tertiary/aromatic N) is 1. The van der Waals surface area contributed by atoms with Crippen molar-refractivity contribution in [2.45, 2.75) is 11.1 Å². The highest BCUT2D eigenvalue weighted by Gasteiger charge is 2.26. The zero-order chi connectivity index (χ0) is 13.2. The number of carboxylic acids is 1. The molecule has 1 unspecified atom stereocenters. The van der Waals surface area contributed by atoms with Crippen LogP contribution in [0.2, 0.25) is 4.34 Å². The van der Waals surface area contributed by atoms with Gasteiger partial charge in [0, 0.05) is 13.6 Å². The summed E-state index contributed by atoms with van der Waals surface area (Å²) in [4.78, 5) is 10.7. The molecule has 0 aliphatic heterocycles. The maximum atomic E-state index is 12.0. The molecule has 0 radical (unpaired) electrons. The second kappa shape index (κ2) is 5.34. The number of hydrogen-bond donors (Lipinski definition) is 1. The van der Waals surface area contributed by atoms with Crippen molar-refractivity contribution in [1.82, 2.24) is 4.31 Å². The molecule has 0 saturated heterocycles. The van der Waals surface area contributed by atoms with Gasteiger partial charge in [-0.3, -0.25) is 4.79 Å². The third-order valence-electron chi connectivity index (χ3n) is 2.17. The van der Waals surface area contributed by atoms with Crippen LogP contribution >= 0.6 is 22.9 Å². The molecule has 0 aromatic carbocycles. The van der Waals surface area contributed by atoms with Gasteiger partial charge in [0.15, 0.2) is 0 Å². The van der Waals surface area contributed by atoms with Crippen LogP contribution in [0.4, 0.5) is 0 Å². The standard InChI is InChI=1S/C9H12ClNO4S2/c1-6(9(12)13)5-11(2)17(14,15)8-4-3-7(10)16-8/h3-4,6H,5H2,1-2H3,(H,12,13). The van der Waals surface area contributed by atoms with E-state index < -0.39 is 21.9 Å². The van der Waals surface area contributed by atoms with Crippen LogP contribution in [0.1, 0.15) is 6.92 Å². The van der Waals surface area contributed by atoms with Gasteiger partial charge in [0.05, 0.1) is 10.3 Å². The number of rotatable bonds is 5. The molecule has 0 amide bonds. The average Bonchev–Trinajstić information content (AvgIpc) is 2.64. The normalized spacial score (nSPS) is 13.9. The lowest BCUT2D eigenvalue weighted by Gasteiger charge is -2.18. The Bertz CT molecular complexity index is 511. The number of thiophene rings is 1. The van der Waals surface area contributed by atoms with Crippen molar-refractivity contribution in [3.63, 3.8) is 0 Å². The summed E-state index contributed by atoms with van der Waals surface area (Å²) in [5.74, 6) is -1.79. The van der Waals surface area contributed by atoms with Gasteiger partial charge in [-0.1, -0.05) is 18.5 Å². The van der Waals surface area contributed by atoms with E-state index in [0.29, 0.717) is 4.34 Å². The second-order valence-electron chi connectivity index (χ2n) is 3.58. The molecule has 17 heavy (non-hydrogen) atoms. The van der Waals surface area contributed by atoms with Crippen molar-refractivity contribution in [2.75, 3.05) is 13.6 Å². The van der Waals surface area contributed by atoms with Gasteiger partial charge in [0.2, 0.25) is 0 Å². The van der Waals surface area contributed by atoms with Crippen molar-refractivity contribution in [1.29, 1.82) is 0 Å². The summed E-state index contributed by atoms with van der Waals surface area (Å²) >= 11 is 6.62. The minimum absolute atomic E-state index is 0.0762. The molecule has 0 fully saturated rings. The molecular formula is C9H12ClNO4S2. The van der Waals surface area contributed by atoms with E-state index in [-0.39, 0.29) is 10.8 Å². The van der Waals surface area contributed by atoms with Gasteiger partial charge in [-0.05, 0) is 12.1 Å². The molecule has 0 saturated carbocycles. The van der Waals surface area contributed by atoms with Gasteiger partial charge in [-0.15, -0.1) is 11.3 Å². The topological polar surface area (TPSA) is 74.7 Å². The molecule has 8 heteroatoms. The van der Waals surface area contributed by atoms with Crippen molar-refractivity contribution >= 4 is 38.9 Å². The summed E-state index contributed by atoms with van der Waals surface area (Å²) in [6.45, 7) is 1.38. The lowest BCUT2D eigenvalue weighted by atomic mass is 10.2. The first kappa shape index (κ1) is 14.4. The first-order chi connectivity index (χ1) is 7.75. The molecular weight excluding hydrogens is 286 g/mol. The molecule has 1 N–H and O–H groups in total. The molecule has 1 rings (SSSR count). The van der Waals surface area contributed by atoms with Crippen LogP contribution < -0.4 is 0 Å². The van der Waals surface area contributed by atoms with Gasteiger partial charge in [-0.2, -0.15) is 4.31 Å². The number of carboxylic acid groups (broad SMARTS) is 1. The van der Waals surface area contributed by atoms with E-state index in [0.717, 1.165) is 15.6 Å². The summed E-state index contributed by atoms with van der Waals surface area (Å²) in [7, 11) is -2.29. The van der Waals surface area contributed by atoms with E-state index in [2.05, 4.69) is 0 Å². The number of carbonyl (C=O) groups is 1. The van der Waals surface area contributed by atoms with Crippen LogP contribution in [0.5, 0.6) is 0 Å². The van der Waals surface area contributed by atoms with Crippen LogP contribution in [-0.4, -0.2) is 37.4 Å². The molecule has 96 valence electrons. The lowest BCUT2D eigenvalue weighted by Crippen LogP contribution is -2.33. The summed E-state index contributed by atoms with van der Waals surface area (Å²) in [6, 6.07) is 2.90. The molecule has 1 aromatic heterocycles. The Morgan fingerprint density at radius 1 is 1.59 bits per heavy atom. The molecule has 0 aliphatic rings. The van der Waals surface area contributed by atoms with Gasteiger partial charge < -0.3 is 5.11 Å². The monoisotopic (exact) mass is 297 g/mol. The number of sulfonamides is 1. The van der Waals surface area contributed by atoms with Crippen molar-refractivity contribution < 1.29 is 18.3 Å². The maximum Gasteiger partial charge on any atom is 0.307 e. The molecule has 1 aromatic rings. The van der Waals surface area contributed by atoms with Crippen LogP contribution in [0.25, 0.3) is 0 Å². The third kappa shape index (κ3) is 3.41. The summed E-state index contributed by atoms with van der Waals surface area (Å²) < 4.78 is 25.5. The van der Waals surface area contributed by atoms with Crippen molar-refractivity contribution in [3.8, 4) is 0 Å². The number of hydrogen-bond acceptors (Lipinski definition) is 4. The van der Waals surface area contributed by atoms with Crippen molar-refractivity contribution in [3.05, 3.63) is 16.5 Å². The van der Waals surface area contributed by atoms with Gasteiger partial charge >= 0.3 is 5.97 Å². The molecule has 1 atom stereocenters. The third-order valence-corrected chi connectivity index (χ3v) is 5.69. The molecule has 0 aliphatic carbocycles. The maximum absolute atomic E-state index is 12.0. The SMILES string of the molecule is CC(CN(C)S(=O)(=O)c1ccc(Cl)s1)C(=O)O. The summed E-state index contributed by atoms with van der Waals surface area (Å²) in [5, 5.41) is 8.73. The Morgan fingerprint density at radius 3 is 2.59 bits per heavy atom. The van der Waals surface area contributed by atoms with Gasteiger partial charge in [0.1, 0.15) is 4.21 Å². The highest BCUT2D eigenvalue weighted by Crippen LogP contribution is 2.27. The van der Waals surface area contributed by atoms with E-state index >= 15 is 0 Å². The fourth-order valence-corrected chi connectivity index (χ4v) is 4.11. The highest BCUT2D eigenvalue weighted by molar-refractivity contribution is 7.91. The summed E-state index contributed by atoms with van der Waals surface area (Å²) in [6.07, 6.45) is 0. The Labute approximate surface area is 109 Å². The number of halogens is 1. The van der Waals surface area contributed by atoms with Crippen LogP contribution in [0.3, 0.4) is 0 Å². The van der Waals surface area contributed by atoms with Crippen molar-refractivity contribution in [2.24, 2.45) is 5.92 Å².